The van der Waals surface area contributed by atoms with E-state index in [1.807, 2.05) is 17.5 Å². The fourth-order valence-corrected chi connectivity index (χ4v) is 3.49. The summed E-state index contributed by atoms with van der Waals surface area (Å²) >= 11 is 1.63. The molecule has 0 radical (unpaired) electrons. The van der Waals surface area contributed by atoms with Crippen molar-refractivity contribution < 1.29 is 9.32 Å². The molecule has 0 N–H and O–H groups in total. The summed E-state index contributed by atoms with van der Waals surface area (Å²) < 4.78 is 6.41. The molecule has 0 amide bonds. The van der Waals surface area contributed by atoms with E-state index >= 15 is 0 Å². The Bertz CT molecular complexity index is 808. The van der Waals surface area contributed by atoms with Crippen molar-refractivity contribution in [3.63, 3.8) is 0 Å². The van der Waals surface area contributed by atoms with Gasteiger partial charge in [-0.15, -0.1) is 11.3 Å². The Morgan fingerprint density at radius 1 is 1.33 bits per heavy atom. The fourth-order valence-electron chi connectivity index (χ4n) is 2.71. The van der Waals surface area contributed by atoms with Gasteiger partial charge in [0.05, 0.1) is 16.1 Å². The second kappa shape index (κ2) is 5.04. The SMILES string of the molecule is O=C1CCCCC1c1nc(-c2cnc3ccsc3c2)no1. The normalized spacial score (nSPS) is 19.2. The van der Waals surface area contributed by atoms with Crippen LogP contribution in [0.15, 0.2) is 28.2 Å². The molecule has 1 unspecified atom stereocenters. The minimum absolute atomic E-state index is 0.211. The number of aromatic nitrogens is 3. The first kappa shape index (κ1) is 12.6. The van der Waals surface area contributed by atoms with E-state index in [1.54, 1.807) is 17.5 Å². The first-order chi connectivity index (χ1) is 10.3. The molecule has 0 spiro atoms. The molecule has 21 heavy (non-hydrogen) atoms. The summed E-state index contributed by atoms with van der Waals surface area (Å²) in [5.74, 6) is 0.939. The zero-order chi connectivity index (χ0) is 14.2. The predicted octanol–water partition coefficient (Wildman–Crippen LogP) is 3.57. The standard InChI is InChI=1S/C15H13N3O2S/c19-12-4-2-1-3-10(12)15-17-14(18-20-15)9-7-13-11(16-8-9)5-6-21-13/h5-8,10H,1-4H2. The summed E-state index contributed by atoms with van der Waals surface area (Å²) in [5, 5.41) is 6.02. The third-order valence-electron chi connectivity index (χ3n) is 3.86. The van der Waals surface area contributed by atoms with Crippen molar-refractivity contribution in [1.29, 1.82) is 0 Å². The van der Waals surface area contributed by atoms with Crippen LogP contribution in [0.2, 0.25) is 0 Å². The lowest BCUT2D eigenvalue weighted by Crippen LogP contribution is -2.17. The fraction of sp³-hybridized carbons (Fsp3) is 0.333. The molecule has 4 rings (SSSR count). The number of ketones is 1. The van der Waals surface area contributed by atoms with Gasteiger partial charge in [0.15, 0.2) is 0 Å². The summed E-state index contributed by atoms with van der Waals surface area (Å²) in [4.78, 5) is 20.7. The highest BCUT2D eigenvalue weighted by Crippen LogP contribution is 2.30. The van der Waals surface area contributed by atoms with Crippen LogP contribution >= 0.6 is 11.3 Å². The van der Waals surface area contributed by atoms with Crippen LogP contribution < -0.4 is 0 Å². The van der Waals surface area contributed by atoms with Crippen molar-refractivity contribution in [3.05, 3.63) is 29.6 Å². The van der Waals surface area contributed by atoms with Crippen LogP contribution in [-0.2, 0) is 4.79 Å². The highest BCUT2D eigenvalue weighted by Gasteiger charge is 2.29. The average Bonchev–Trinajstić information content (AvgIpc) is 3.16. The van der Waals surface area contributed by atoms with Crippen LogP contribution in [0.3, 0.4) is 0 Å². The average molecular weight is 299 g/mol. The van der Waals surface area contributed by atoms with Gasteiger partial charge in [-0.05, 0) is 30.4 Å². The van der Waals surface area contributed by atoms with E-state index in [0.29, 0.717) is 18.1 Å². The maximum absolute atomic E-state index is 11.9. The number of fused-ring (bicyclic) bond motifs is 1. The van der Waals surface area contributed by atoms with E-state index < -0.39 is 0 Å². The summed E-state index contributed by atoms with van der Waals surface area (Å²) in [5.41, 5.74) is 1.79. The van der Waals surface area contributed by atoms with Gasteiger partial charge in [-0.2, -0.15) is 4.98 Å². The molecule has 1 aliphatic carbocycles. The first-order valence-electron chi connectivity index (χ1n) is 7.01. The Balaban J connectivity index is 1.68. The zero-order valence-electron chi connectivity index (χ0n) is 11.3. The molecule has 1 fully saturated rings. The van der Waals surface area contributed by atoms with Crippen molar-refractivity contribution in [2.75, 3.05) is 0 Å². The van der Waals surface area contributed by atoms with Crippen LogP contribution in [0.4, 0.5) is 0 Å². The lowest BCUT2D eigenvalue weighted by molar-refractivity contribution is -0.122. The van der Waals surface area contributed by atoms with Crippen molar-refractivity contribution in [3.8, 4) is 11.4 Å². The molecule has 3 heterocycles. The molecule has 5 nitrogen and oxygen atoms in total. The number of hydrogen-bond donors (Lipinski definition) is 0. The molecule has 1 atom stereocenters. The van der Waals surface area contributed by atoms with Gasteiger partial charge in [0.2, 0.25) is 11.7 Å². The zero-order valence-corrected chi connectivity index (χ0v) is 12.1. The number of pyridine rings is 1. The summed E-state index contributed by atoms with van der Waals surface area (Å²) in [6, 6.07) is 3.98. The Labute approximate surface area is 125 Å². The molecular formula is C15H13N3O2S. The van der Waals surface area contributed by atoms with Gasteiger partial charge in [-0.1, -0.05) is 11.6 Å². The Hall–Kier alpha value is -2.08. The smallest absolute Gasteiger partial charge is 0.237 e. The van der Waals surface area contributed by atoms with E-state index in [4.69, 9.17) is 4.52 Å². The Morgan fingerprint density at radius 3 is 3.19 bits per heavy atom. The summed E-state index contributed by atoms with van der Waals surface area (Å²) in [6.07, 6.45) is 5.17. The van der Waals surface area contributed by atoms with E-state index in [2.05, 4.69) is 15.1 Å². The topological polar surface area (TPSA) is 68.9 Å². The second-order valence-corrected chi connectivity index (χ2v) is 6.20. The highest BCUT2D eigenvalue weighted by molar-refractivity contribution is 7.17. The lowest BCUT2D eigenvalue weighted by Gasteiger charge is -2.16. The number of carbonyl (C=O) groups is 1. The molecule has 3 aromatic heterocycles. The van der Waals surface area contributed by atoms with Gasteiger partial charge in [-0.25, -0.2) is 0 Å². The van der Waals surface area contributed by atoms with Crippen molar-refractivity contribution >= 4 is 27.3 Å². The molecule has 0 aromatic carbocycles. The third-order valence-corrected chi connectivity index (χ3v) is 4.71. The summed E-state index contributed by atoms with van der Waals surface area (Å²) in [6.45, 7) is 0. The van der Waals surface area contributed by atoms with Gasteiger partial charge >= 0.3 is 0 Å². The van der Waals surface area contributed by atoms with Gasteiger partial charge in [0.25, 0.3) is 0 Å². The highest BCUT2D eigenvalue weighted by atomic mass is 32.1. The van der Waals surface area contributed by atoms with Crippen molar-refractivity contribution in [2.45, 2.75) is 31.6 Å². The van der Waals surface area contributed by atoms with E-state index in [9.17, 15) is 4.79 Å². The number of rotatable bonds is 2. The van der Waals surface area contributed by atoms with E-state index in [0.717, 1.165) is 35.0 Å². The molecule has 3 aromatic rings. The number of Topliss-reactive ketones (excluding diaryl/α,β-unsaturated/α-hetero) is 1. The predicted molar refractivity (Wildman–Crippen MR) is 79.1 cm³/mol. The quantitative estimate of drug-likeness (QED) is 0.723. The monoisotopic (exact) mass is 299 g/mol. The minimum Gasteiger partial charge on any atom is -0.338 e. The summed E-state index contributed by atoms with van der Waals surface area (Å²) in [7, 11) is 0. The molecule has 1 aliphatic rings. The molecule has 106 valence electrons. The van der Waals surface area contributed by atoms with Crippen LogP contribution in [0.1, 0.15) is 37.5 Å². The maximum atomic E-state index is 11.9. The van der Waals surface area contributed by atoms with E-state index in [1.165, 1.54) is 0 Å². The van der Waals surface area contributed by atoms with Gasteiger partial charge in [-0.3, -0.25) is 9.78 Å². The van der Waals surface area contributed by atoms with Gasteiger partial charge in [0, 0.05) is 18.2 Å². The van der Waals surface area contributed by atoms with Crippen LogP contribution in [0, 0.1) is 0 Å². The van der Waals surface area contributed by atoms with Gasteiger partial charge < -0.3 is 4.52 Å². The number of hydrogen-bond acceptors (Lipinski definition) is 6. The number of thiophene rings is 1. The number of nitrogens with zero attached hydrogens (tertiary/aromatic N) is 3. The third kappa shape index (κ3) is 2.25. The van der Waals surface area contributed by atoms with Crippen molar-refractivity contribution in [2.24, 2.45) is 0 Å². The Morgan fingerprint density at radius 2 is 2.29 bits per heavy atom. The molecule has 6 heteroatoms. The van der Waals surface area contributed by atoms with Crippen LogP contribution in [0.5, 0.6) is 0 Å². The van der Waals surface area contributed by atoms with Crippen molar-refractivity contribution in [1.82, 2.24) is 15.1 Å². The molecule has 0 aliphatic heterocycles. The van der Waals surface area contributed by atoms with E-state index in [-0.39, 0.29) is 11.7 Å². The minimum atomic E-state index is -0.224. The molecule has 1 saturated carbocycles. The second-order valence-electron chi connectivity index (χ2n) is 5.25. The number of carbonyl (C=O) groups excluding carboxylic acids is 1. The van der Waals surface area contributed by atoms with Gasteiger partial charge in [0.1, 0.15) is 5.78 Å². The Kier molecular flexibility index (Phi) is 3.03. The molecular weight excluding hydrogens is 286 g/mol. The molecule has 0 saturated heterocycles. The lowest BCUT2D eigenvalue weighted by atomic mass is 9.88. The largest absolute Gasteiger partial charge is 0.338 e. The molecule has 0 bridgehead atoms. The van der Waals surface area contributed by atoms with Crippen LogP contribution in [-0.4, -0.2) is 20.9 Å². The first-order valence-corrected chi connectivity index (χ1v) is 7.89. The van der Waals surface area contributed by atoms with Crippen LogP contribution in [0.25, 0.3) is 21.6 Å². The maximum Gasteiger partial charge on any atom is 0.237 e.